The zero-order valence-corrected chi connectivity index (χ0v) is 24.3. The second-order valence-electron chi connectivity index (χ2n) is 11.8. The maximum atomic E-state index is 15.4. The van der Waals surface area contributed by atoms with Crippen molar-refractivity contribution in [3.63, 3.8) is 0 Å². The number of thiophene rings is 1. The van der Waals surface area contributed by atoms with Crippen LogP contribution in [0.5, 0.6) is 0 Å². The van der Waals surface area contributed by atoms with E-state index in [1.165, 1.54) is 0 Å². The van der Waals surface area contributed by atoms with Crippen LogP contribution < -0.4 is 5.19 Å². The molecule has 0 aliphatic heterocycles. The lowest BCUT2D eigenvalue weighted by atomic mass is 9.82. The van der Waals surface area contributed by atoms with Gasteiger partial charge in [0.2, 0.25) is 0 Å². The predicted octanol–water partition coefficient (Wildman–Crippen LogP) is 9.49. The van der Waals surface area contributed by atoms with Gasteiger partial charge in [-0.1, -0.05) is 64.7 Å². The monoisotopic (exact) mass is 551 g/mol. The molecule has 1 nitrogen and oxygen atoms in total. The first kappa shape index (κ1) is 26.6. The summed E-state index contributed by atoms with van der Waals surface area (Å²) < 4.78 is 61.9. The van der Waals surface area contributed by atoms with Crippen molar-refractivity contribution in [1.29, 1.82) is 0 Å². The Kier molecular flexibility index (Phi) is 6.31. The van der Waals surface area contributed by atoms with E-state index in [9.17, 15) is 0 Å². The van der Waals surface area contributed by atoms with Gasteiger partial charge in [-0.3, -0.25) is 4.98 Å². The Morgan fingerprint density at radius 3 is 2.05 bits per heavy atom. The number of aromatic nitrogens is 1. The molecule has 0 radical (unpaired) electrons. The lowest BCUT2D eigenvalue weighted by Gasteiger charge is -2.22. The molecule has 0 amide bonds. The molecule has 38 heavy (non-hydrogen) atoms. The third-order valence-electron chi connectivity index (χ3n) is 7.04. The van der Waals surface area contributed by atoms with Crippen molar-refractivity contribution in [2.24, 2.45) is 0 Å². The van der Waals surface area contributed by atoms with E-state index in [0.29, 0.717) is 16.0 Å². The molecule has 2 heterocycles. The lowest BCUT2D eigenvalue weighted by Crippen LogP contribution is -2.44. The molecule has 0 fully saturated rings. The minimum atomic E-state index is -2.69. The minimum absolute atomic E-state index is 0.139. The van der Waals surface area contributed by atoms with Crippen molar-refractivity contribution in [3.05, 3.63) is 83.1 Å². The highest BCUT2D eigenvalue weighted by Gasteiger charge is 2.34. The Morgan fingerprint density at radius 2 is 1.45 bits per heavy atom. The van der Waals surface area contributed by atoms with Crippen LogP contribution in [0.3, 0.4) is 0 Å². The van der Waals surface area contributed by atoms with E-state index >= 15 is 17.6 Å². The summed E-state index contributed by atoms with van der Waals surface area (Å²) in [7, 11) is -2.69. The van der Waals surface area contributed by atoms with Crippen LogP contribution in [0.1, 0.15) is 31.9 Å². The number of pyridine rings is 1. The maximum absolute atomic E-state index is 15.4. The summed E-state index contributed by atoms with van der Waals surface area (Å²) in [6.07, 6.45) is 1.66. The zero-order chi connectivity index (χ0) is 27.7. The third-order valence-corrected chi connectivity index (χ3v) is 10.3. The second kappa shape index (κ2) is 9.02. The van der Waals surface area contributed by atoms with Crippen LogP contribution in [0, 0.1) is 30.2 Å². The first-order chi connectivity index (χ1) is 17.7. The van der Waals surface area contributed by atoms with Gasteiger partial charge < -0.3 is 0 Å². The first-order valence-electron chi connectivity index (χ1n) is 12.5. The topological polar surface area (TPSA) is 12.9 Å². The van der Waals surface area contributed by atoms with Crippen LogP contribution in [-0.2, 0) is 5.41 Å². The summed E-state index contributed by atoms with van der Waals surface area (Å²) in [5.74, 6) is -5.27. The standard InChI is InChI=1S/C31H29F4NSSi/c1-16-19-12-13-36-27(18-14-17-10-8-9-11-20(17)21(15-18)31(2,3)4)29(19)37-28(16)22-23(32)25(34)30(38(5,6)7)26(35)24(22)33/h8-15H,1-7H3. The van der Waals surface area contributed by atoms with Crippen molar-refractivity contribution in [2.45, 2.75) is 52.8 Å². The molecule has 0 N–H and O–H groups in total. The van der Waals surface area contributed by atoms with E-state index in [4.69, 9.17) is 0 Å². The van der Waals surface area contributed by atoms with Crippen molar-refractivity contribution < 1.29 is 17.6 Å². The Labute approximate surface area is 225 Å². The molecule has 0 bridgehead atoms. The van der Waals surface area contributed by atoms with Crippen molar-refractivity contribution in [3.8, 4) is 21.7 Å². The maximum Gasteiger partial charge on any atom is 0.170 e. The summed E-state index contributed by atoms with van der Waals surface area (Å²) in [5.41, 5.74) is 2.46. The number of aryl methyl sites for hydroxylation is 1. The van der Waals surface area contributed by atoms with Gasteiger partial charge in [-0.2, -0.15) is 0 Å². The van der Waals surface area contributed by atoms with E-state index < -0.39 is 42.1 Å². The molecule has 196 valence electrons. The second-order valence-corrected chi connectivity index (χ2v) is 17.9. The van der Waals surface area contributed by atoms with Crippen LogP contribution >= 0.6 is 11.3 Å². The summed E-state index contributed by atoms with van der Waals surface area (Å²) >= 11 is 1.11. The van der Waals surface area contributed by atoms with Crippen LogP contribution in [-0.4, -0.2) is 13.1 Å². The SMILES string of the molecule is Cc1c(-c2c(F)c(F)c([Si](C)(C)C)c(F)c2F)sc2c(-c3cc(C(C)(C)C)c4ccccc4c3)nccc12. The molecule has 0 spiro atoms. The zero-order valence-electron chi connectivity index (χ0n) is 22.5. The fourth-order valence-corrected chi connectivity index (χ4v) is 8.03. The Balaban J connectivity index is 1.80. The van der Waals surface area contributed by atoms with Crippen molar-refractivity contribution in [2.75, 3.05) is 0 Å². The van der Waals surface area contributed by atoms with Crippen LogP contribution in [0.4, 0.5) is 17.6 Å². The lowest BCUT2D eigenvalue weighted by molar-refractivity contribution is 0.467. The summed E-state index contributed by atoms with van der Waals surface area (Å²) in [5, 5.41) is 2.50. The Bertz CT molecular complexity index is 1710. The normalized spacial score (nSPS) is 12.6. The van der Waals surface area contributed by atoms with Gasteiger partial charge >= 0.3 is 0 Å². The number of hydrogen-bond donors (Lipinski definition) is 0. The highest BCUT2D eigenvalue weighted by atomic mass is 32.1. The average Bonchev–Trinajstić information content (AvgIpc) is 3.17. The van der Waals surface area contributed by atoms with Gasteiger partial charge in [-0.25, -0.2) is 17.6 Å². The fourth-order valence-electron chi connectivity index (χ4n) is 5.15. The highest BCUT2D eigenvalue weighted by molar-refractivity contribution is 7.23. The van der Waals surface area contributed by atoms with Gasteiger partial charge in [-0.15, -0.1) is 11.3 Å². The average molecular weight is 552 g/mol. The molecule has 0 unspecified atom stereocenters. The quantitative estimate of drug-likeness (QED) is 0.124. The smallest absolute Gasteiger partial charge is 0.170 e. The Morgan fingerprint density at radius 1 is 0.816 bits per heavy atom. The number of rotatable bonds is 3. The number of hydrogen-bond acceptors (Lipinski definition) is 2. The van der Waals surface area contributed by atoms with E-state index in [1.54, 1.807) is 38.8 Å². The highest BCUT2D eigenvalue weighted by Crippen LogP contribution is 2.45. The molecule has 3 aromatic carbocycles. The van der Waals surface area contributed by atoms with Gasteiger partial charge in [0.1, 0.15) is 0 Å². The van der Waals surface area contributed by atoms with E-state index in [0.717, 1.165) is 38.6 Å². The molecule has 0 saturated carbocycles. The molecule has 5 aromatic rings. The first-order valence-corrected chi connectivity index (χ1v) is 16.8. The van der Waals surface area contributed by atoms with Gasteiger partial charge in [0.25, 0.3) is 0 Å². The van der Waals surface area contributed by atoms with Crippen LogP contribution in [0.2, 0.25) is 19.6 Å². The van der Waals surface area contributed by atoms with Gasteiger partial charge in [0.05, 0.1) is 24.0 Å². The Hall–Kier alpha value is -3.03. The number of fused-ring (bicyclic) bond motifs is 2. The third kappa shape index (κ3) is 4.16. The number of benzene rings is 3. The van der Waals surface area contributed by atoms with Gasteiger partial charge in [0, 0.05) is 21.8 Å². The van der Waals surface area contributed by atoms with Crippen LogP contribution in [0.15, 0.2) is 48.7 Å². The predicted molar refractivity (Wildman–Crippen MR) is 154 cm³/mol. The molecule has 5 rings (SSSR count). The molecular weight excluding hydrogens is 522 g/mol. The largest absolute Gasteiger partial charge is 0.255 e. The summed E-state index contributed by atoms with van der Waals surface area (Å²) in [6, 6.07) is 14.1. The van der Waals surface area contributed by atoms with Crippen molar-refractivity contribution >= 4 is 45.5 Å². The molecule has 0 aliphatic rings. The van der Waals surface area contributed by atoms with Gasteiger partial charge in [0.15, 0.2) is 23.3 Å². The molecule has 7 heteroatoms. The molecule has 0 aliphatic carbocycles. The molecule has 2 aromatic heterocycles. The fraction of sp³-hybridized carbons (Fsp3) is 0.258. The molecule has 0 saturated heterocycles. The molecule has 0 atom stereocenters. The van der Waals surface area contributed by atoms with Crippen LogP contribution in [0.25, 0.3) is 42.6 Å². The van der Waals surface area contributed by atoms with E-state index in [1.807, 2.05) is 12.1 Å². The van der Waals surface area contributed by atoms with E-state index in [-0.39, 0.29) is 10.3 Å². The summed E-state index contributed by atoms with van der Waals surface area (Å²) in [6.45, 7) is 13.2. The van der Waals surface area contributed by atoms with Crippen molar-refractivity contribution in [1.82, 2.24) is 4.98 Å². The number of halogens is 4. The summed E-state index contributed by atoms with van der Waals surface area (Å²) in [4.78, 5) is 4.83. The number of nitrogens with zero attached hydrogens (tertiary/aromatic N) is 1. The molecular formula is C31H29F4NSSi. The minimum Gasteiger partial charge on any atom is -0.255 e. The van der Waals surface area contributed by atoms with E-state index in [2.05, 4.69) is 50.0 Å². The van der Waals surface area contributed by atoms with Gasteiger partial charge in [-0.05, 0) is 57.8 Å².